The summed E-state index contributed by atoms with van der Waals surface area (Å²) in [5, 5.41) is 0. The van der Waals surface area contributed by atoms with Gasteiger partial charge < -0.3 is 0 Å². The third-order valence-corrected chi connectivity index (χ3v) is 3.15. The molecule has 0 saturated heterocycles. The molecule has 1 N–H and O–H groups in total. The van der Waals surface area contributed by atoms with Gasteiger partial charge in [-0.3, -0.25) is 9.54 Å². The molecule has 6 heteroatoms. The predicted molar refractivity (Wildman–Crippen MR) is 46.5 cm³/mol. The molecule has 1 aromatic heterocycles. The van der Waals surface area contributed by atoms with Crippen molar-refractivity contribution in [2.75, 3.05) is 0 Å². The molecule has 4 nitrogen and oxygen atoms in total. The standard InChI is InChI=1S/C6H6BrNO3S/c1-4-5(7)2-8-3-6(4)12(9,10)11/h2-3H,1H3,(H,9,10,11). The van der Waals surface area contributed by atoms with E-state index in [-0.39, 0.29) is 4.90 Å². The summed E-state index contributed by atoms with van der Waals surface area (Å²) in [5.74, 6) is 0. The van der Waals surface area contributed by atoms with Crippen LogP contribution in [0.3, 0.4) is 0 Å². The average Bonchev–Trinajstić information content (AvgIpc) is 1.92. The van der Waals surface area contributed by atoms with Gasteiger partial charge in [0.1, 0.15) is 4.90 Å². The van der Waals surface area contributed by atoms with Crippen molar-refractivity contribution in [3.63, 3.8) is 0 Å². The third kappa shape index (κ3) is 1.82. The van der Waals surface area contributed by atoms with Gasteiger partial charge in [0.15, 0.2) is 0 Å². The molecule has 1 heterocycles. The highest BCUT2D eigenvalue weighted by Gasteiger charge is 2.14. The zero-order chi connectivity index (χ0) is 9.35. The first-order valence-electron chi connectivity index (χ1n) is 3.00. The minimum Gasteiger partial charge on any atom is -0.282 e. The fourth-order valence-electron chi connectivity index (χ4n) is 0.742. The molecule has 0 aliphatic rings. The first-order valence-corrected chi connectivity index (χ1v) is 5.24. The topological polar surface area (TPSA) is 67.3 Å². The molecule has 0 saturated carbocycles. The highest BCUT2D eigenvalue weighted by molar-refractivity contribution is 9.10. The van der Waals surface area contributed by atoms with Crippen LogP contribution in [-0.4, -0.2) is 18.0 Å². The molecular weight excluding hydrogens is 246 g/mol. The van der Waals surface area contributed by atoms with Gasteiger partial charge >= 0.3 is 0 Å². The summed E-state index contributed by atoms with van der Waals surface area (Å²) in [6.45, 7) is 1.58. The van der Waals surface area contributed by atoms with Crippen LogP contribution in [0.5, 0.6) is 0 Å². The van der Waals surface area contributed by atoms with Crippen molar-refractivity contribution in [2.45, 2.75) is 11.8 Å². The fraction of sp³-hybridized carbons (Fsp3) is 0.167. The van der Waals surface area contributed by atoms with Crippen molar-refractivity contribution in [1.82, 2.24) is 4.98 Å². The second-order valence-corrected chi connectivity index (χ2v) is 4.46. The summed E-state index contributed by atoms with van der Waals surface area (Å²) in [6, 6.07) is 0. The summed E-state index contributed by atoms with van der Waals surface area (Å²) >= 11 is 3.10. The lowest BCUT2D eigenvalue weighted by atomic mass is 10.3. The zero-order valence-electron chi connectivity index (χ0n) is 6.15. The van der Waals surface area contributed by atoms with Crippen molar-refractivity contribution < 1.29 is 13.0 Å². The monoisotopic (exact) mass is 251 g/mol. The molecule has 0 amide bonds. The molecule has 1 rings (SSSR count). The van der Waals surface area contributed by atoms with Crippen LogP contribution in [0.15, 0.2) is 21.8 Å². The Hall–Kier alpha value is -0.460. The number of nitrogens with zero attached hydrogens (tertiary/aromatic N) is 1. The summed E-state index contributed by atoms with van der Waals surface area (Å²) < 4.78 is 30.7. The van der Waals surface area contributed by atoms with Gasteiger partial charge in [-0.15, -0.1) is 0 Å². The van der Waals surface area contributed by atoms with E-state index in [0.717, 1.165) is 6.20 Å². The van der Waals surface area contributed by atoms with Crippen molar-refractivity contribution in [3.05, 3.63) is 22.4 Å². The van der Waals surface area contributed by atoms with Crippen molar-refractivity contribution in [3.8, 4) is 0 Å². The molecule has 0 spiro atoms. The van der Waals surface area contributed by atoms with E-state index in [1.54, 1.807) is 6.92 Å². The van der Waals surface area contributed by atoms with Gasteiger partial charge in [0.05, 0.1) is 0 Å². The Kier molecular flexibility index (Phi) is 2.50. The second kappa shape index (κ2) is 3.12. The van der Waals surface area contributed by atoms with Crippen molar-refractivity contribution in [1.29, 1.82) is 0 Å². The number of hydrogen-bond acceptors (Lipinski definition) is 3. The first-order chi connectivity index (χ1) is 5.43. The van der Waals surface area contributed by atoms with Crippen molar-refractivity contribution >= 4 is 26.0 Å². The summed E-state index contributed by atoms with van der Waals surface area (Å²) in [6.07, 6.45) is 2.57. The van der Waals surface area contributed by atoms with Crippen molar-refractivity contribution in [2.24, 2.45) is 0 Å². The molecule has 66 valence electrons. The van der Waals surface area contributed by atoms with Gasteiger partial charge in [0.2, 0.25) is 0 Å². The highest BCUT2D eigenvalue weighted by atomic mass is 79.9. The molecule has 0 atom stereocenters. The van der Waals surface area contributed by atoms with Gasteiger partial charge in [-0.25, -0.2) is 0 Å². The van der Waals surface area contributed by atoms with E-state index < -0.39 is 10.1 Å². The first kappa shape index (κ1) is 9.63. The quantitative estimate of drug-likeness (QED) is 0.767. The minimum absolute atomic E-state index is 0.170. The normalized spacial score (nSPS) is 11.6. The molecule has 0 bridgehead atoms. The lowest BCUT2D eigenvalue weighted by molar-refractivity contribution is 0.482. The van der Waals surface area contributed by atoms with E-state index >= 15 is 0 Å². The SMILES string of the molecule is Cc1c(Br)cncc1S(=O)(=O)O. The number of pyridine rings is 1. The van der Waals surface area contributed by atoms with E-state index in [1.165, 1.54) is 6.20 Å². The van der Waals surface area contributed by atoms with Crippen LogP contribution in [-0.2, 0) is 10.1 Å². The molecule has 0 fully saturated rings. The zero-order valence-corrected chi connectivity index (χ0v) is 8.55. The number of halogens is 1. The summed E-state index contributed by atoms with van der Waals surface area (Å²) in [7, 11) is -4.15. The number of hydrogen-bond donors (Lipinski definition) is 1. The Morgan fingerprint density at radius 2 is 2.08 bits per heavy atom. The molecule has 0 aromatic carbocycles. The molecule has 1 aromatic rings. The Bertz CT molecular complexity index is 401. The van der Waals surface area contributed by atoms with E-state index in [9.17, 15) is 8.42 Å². The van der Waals surface area contributed by atoms with E-state index in [2.05, 4.69) is 20.9 Å². The molecular formula is C6H6BrNO3S. The number of rotatable bonds is 1. The number of aromatic nitrogens is 1. The van der Waals surface area contributed by atoms with E-state index in [1.807, 2.05) is 0 Å². The third-order valence-electron chi connectivity index (χ3n) is 1.39. The van der Waals surface area contributed by atoms with Crippen LogP contribution < -0.4 is 0 Å². The lowest BCUT2D eigenvalue weighted by Crippen LogP contribution is -2.01. The van der Waals surface area contributed by atoms with E-state index in [0.29, 0.717) is 10.0 Å². The molecule has 0 aliphatic carbocycles. The second-order valence-electron chi connectivity index (χ2n) is 2.22. The Morgan fingerprint density at radius 1 is 1.50 bits per heavy atom. The van der Waals surface area contributed by atoms with Crippen LogP contribution in [0.4, 0.5) is 0 Å². The highest BCUT2D eigenvalue weighted by Crippen LogP contribution is 2.21. The molecule has 0 unspecified atom stereocenters. The van der Waals surface area contributed by atoms with E-state index in [4.69, 9.17) is 4.55 Å². The van der Waals surface area contributed by atoms with Crippen LogP contribution in [0, 0.1) is 6.92 Å². The Labute approximate surface area is 78.5 Å². The fourth-order valence-corrected chi connectivity index (χ4v) is 1.90. The van der Waals surface area contributed by atoms with Crippen LogP contribution in [0.2, 0.25) is 0 Å². The molecule has 12 heavy (non-hydrogen) atoms. The Morgan fingerprint density at radius 3 is 2.50 bits per heavy atom. The average molecular weight is 252 g/mol. The van der Waals surface area contributed by atoms with Crippen LogP contribution >= 0.6 is 15.9 Å². The minimum atomic E-state index is -4.15. The van der Waals surface area contributed by atoms with Gasteiger partial charge in [0, 0.05) is 16.9 Å². The molecule has 0 radical (unpaired) electrons. The largest absolute Gasteiger partial charge is 0.296 e. The maximum atomic E-state index is 10.7. The summed E-state index contributed by atoms with van der Waals surface area (Å²) in [4.78, 5) is 3.46. The molecule has 0 aliphatic heterocycles. The van der Waals surface area contributed by atoms with Crippen LogP contribution in [0.1, 0.15) is 5.56 Å². The lowest BCUT2D eigenvalue weighted by Gasteiger charge is -2.01. The maximum Gasteiger partial charge on any atom is 0.296 e. The van der Waals surface area contributed by atoms with Gasteiger partial charge in [0.25, 0.3) is 10.1 Å². The predicted octanol–water partition coefficient (Wildman–Crippen LogP) is 1.40. The van der Waals surface area contributed by atoms with Crippen LogP contribution in [0.25, 0.3) is 0 Å². The van der Waals surface area contributed by atoms with Gasteiger partial charge in [-0.05, 0) is 28.4 Å². The smallest absolute Gasteiger partial charge is 0.282 e. The van der Waals surface area contributed by atoms with Gasteiger partial charge in [-0.2, -0.15) is 8.42 Å². The maximum absolute atomic E-state index is 10.7. The Balaban J connectivity index is 3.47. The van der Waals surface area contributed by atoms with Gasteiger partial charge in [-0.1, -0.05) is 0 Å². The summed E-state index contributed by atoms with van der Waals surface area (Å²) in [5.41, 5.74) is 0.451.